The largest absolute Gasteiger partial charge is 0.229 e. The molecule has 0 saturated carbocycles. The van der Waals surface area contributed by atoms with Crippen LogP contribution in [0.2, 0.25) is 0 Å². The number of hydrogen-bond acceptors (Lipinski definition) is 4. The Bertz CT molecular complexity index is 415. The van der Waals surface area contributed by atoms with Gasteiger partial charge in [0, 0.05) is 11.4 Å². The molecule has 1 rings (SSSR count). The molecule has 0 spiro atoms. The van der Waals surface area contributed by atoms with Crippen LogP contribution >= 0.6 is 15.9 Å². The number of rotatable bonds is 4. The molecular formula is C8H16BrNO4S2. The Morgan fingerprint density at radius 2 is 1.88 bits per heavy atom. The van der Waals surface area contributed by atoms with Crippen molar-refractivity contribution in [1.82, 2.24) is 4.72 Å². The van der Waals surface area contributed by atoms with E-state index < -0.39 is 25.1 Å². The highest BCUT2D eigenvalue weighted by Gasteiger charge is 2.32. The van der Waals surface area contributed by atoms with Crippen LogP contribution < -0.4 is 4.72 Å². The van der Waals surface area contributed by atoms with Crippen molar-refractivity contribution in [2.75, 3.05) is 18.1 Å². The van der Waals surface area contributed by atoms with Gasteiger partial charge in [0.1, 0.15) is 9.84 Å². The Kier molecular flexibility index (Phi) is 4.79. The number of sulfonamides is 1. The second kappa shape index (κ2) is 5.32. The summed E-state index contributed by atoms with van der Waals surface area (Å²) in [6.45, 7) is 2.17. The normalized spacial score (nSPS) is 24.1. The van der Waals surface area contributed by atoms with E-state index in [1.165, 1.54) is 0 Å². The third-order valence-electron chi connectivity index (χ3n) is 2.51. The van der Waals surface area contributed by atoms with Crippen molar-refractivity contribution < 1.29 is 16.8 Å². The molecule has 1 aliphatic heterocycles. The third-order valence-corrected chi connectivity index (χ3v) is 6.46. The molecule has 1 fully saturated rings. The second-order valence-electron chi connectivity index (χ2n) is 4.03. The molecule has 1 saturated heterocycles. The number of sulfone groups is 1. The Morgan fingerprint density at radius 1 is 1.38 bits per heavy atom. The lowest BCUT2D eigenvalue weighted by molar-refractivity contribution is 0.542. The Hall–Kier alpha value is 0.340. The van der Waals surface area contributed by atoms with Gasteiger partial charge < -0.3 is 0 Å². The maximum Gasteiger partial charge on any atom is 0.214 e. The first-order valence-electron chi connectivity index (χ1n) is 5.06. The second-order valence-corrected chi connectivity index (χ2v) is 9.94. The van der Waals surface area contributed by atoms with Crippen molar-refractivity contribution in [2.45, 2.75) is 29.8 Å². The fourth-order valence-corrected chi connectivity index (χ4v) is 5.27. The summed E-state index contributed by atoms with van der Waals surface area (Å²) in [6, 6.07) is 0. The maximum absolute atomic E-state index is 11.8. The van der Waals surface area contributed by atoms with Crippen LogP contribution in [0.5, 0.6) is 0 Å². The van der Waals surface area contributed by atoms with Crippen molar-refractivity contribution in [3.63, 3.8) is 0 Å². The molecule has 0 radical (unpaired) electrons. The van der Waals surface area contributed by atoms with Crippen LogP contribution in [-0.2, 0) is 19.9 Å². The van der Waals surface area contributed by atoms with E-state index in [0.29, 0.717) is 6.54 Å². The number of halogens is 1. The molecule has 0 aromatic heterocycles. The van der Waals surface area contributed by atoms with Gasteiger partial charge in [0.05, 0.1) is 16.8 Å². The van der Waals surface area contributed by atoms with Crippen molar-refractivity contribution in [1.29, 1.82) is 0 Å². The van der Waals surface area contributed by atoms with Crippen molar-refractivity contribution >= 4 is 35.8 Å². The van der Waals surface area contributed by atoms with E-state index in [1.807, 2.05) is 6.92 Å². The lowest BCUT2D eigenvalue weighted by Crippen LogP contribution is -2.41. The smallest absolute Gasteiger partial charge is 0.214 e. The molecular weight excluding hydrogens is 318 g/mol. The minimum atomic E-state index is -3.37. The van der Waals surface area contributed by atoms with Gasteiger partial charge in [-0.15, -0.1) is 0 Å². The molecule has 96 valence electrons. The molecule has 0 amide bonds. The highest BCUT2D eigenvalue weighted by Crippen LogP contribution is 2.18. The van der Waals surface area contributed by atoms with Crippen LogP contribution in [0.4, 0.5) is 0 Å². The summed E-state index contributed by atoms with van der Waals surface area (Å²) in [6.07, 6.45) is 0.405. The summed E-state index contributed by atoms with van der Waals surface area (Å²) >= 11 is 3.25. The van der Waals surface area contributed by atoms with Gasteiger partial charge in [0.15, 0.2) is 0 Å². The zero-order valence-corrected chi connectivity index (χ0v) is 12.2. The van der Waals surface area contributed by atoms with Crippen molar-refractivity contribution in [2.24, 2.45) is 0 Å². The van der Waals surface area contributed by atoms with Crippen LogP contribution in [0.3, 0.4) is 0 Å². The molecule has 8 heteroatoms. The zero-order chi connectivity index (χ0) is 12.4. The summed E-state index contributed by atoms with van der Waals surface area (Å²) < 4.78 is 48.4. The van der Waals surface area contributed by atoms with Crippen LogP contribution in [0.1, 0.15) is 19.8 Å². The van der Waals surface area contributed by atoms with E-state index in [0.717, 1.165) is 0 Å². The Labute approximate surface area is 105 Å². The van der Waals surface area contributed by atoms with E-state index in [4.69, 9.17) is 0 Å². The van der Waals surface area contributed by atoms with Crippen LogP contribution in [0.25, 0.3) is 0 Å². The quantitative estimate of drug-likeness (QED) is 0.748. The molecule has 1 aliphatic rings. The predicted molar refractivity (Wildman–Crippen MR) is 67.0 cm³/mol. The summed E-state index contributed by atoms with van der Waals surface area (Å²) in [5.41, 5.74) is 0. The molecule has 16 heavy (non-hydrogen) atoms. The zero-order valence-electron chi connectivity index (χ0n) is 9.02. The molecule has 0 aliphatic carbocycles. The first-order chi connectivity index (χ1) is 7.23. The fourth-order valence-electron chi connectivity index (χ4n) is 1.53. The van der Waals surface area contributed by atoms with Crippen LogP contribution in [0.15, 0.2) is 0 Å². The molecule has 1 unspecified atom stereocenters. The molecule has 1 atom stereocenters. The third kappa shape index (κ3) is 4.31. The molecule has 1 N–H and O–H groups in total. The predicted octanol–water partition coefficient (Wildman–Crippen LogP) is 0.266. The first kappa shape index (κ1) is 14.4. The highest BCUT2D eigenvalue weighted by atomic mass is 79.9. The highest BCUT2D eigenvalue weighted by molar-refractivity contribution is 9.09. The molecule has 0 aromatic carbocycles. The lowest BCUT2D eigenvalue weighted by Gasteiger charge is -2.22. The molecule has 0 aromatic rings. The van der Waals surface area contributed by atoms with Gasteiger partial charge >= 0.3 is 0 Å². The van der Waals surface area contributed by atoms with Gasteiger partial charge in [-0.25, -0.2) is 21.6 Å². The summed E-state index contributed by atoms with van der Waals surface area (Å²) in [5.74, 6) is -0.0507. The summed E-state index contributed by atoms with van der Waals surface area (Å²) in [4.78, 5) is 0.0644. The van der Waals surface area contributed by atoms with E-state index in [9.17, 15) is 16.8 Å². The summed E-state index contributed by atoms with van der Waals surface area (Å²) in [5, 5.41) is -0.567. The fraction of sp³-hybridized carbons (Fsp3) is 1.00. The average molecular weight is 334 g/mol. The lowest BCUT2D eigenvalue weighted by atomic mass is 10.2. The van der Waals surface area contributed by atoms with Crippen LogP contribution in [-0.4, -0.2) is 45.0 Å². The van der Waals surface area contributed by atoms with Gasteiger partial charge in [-0.1, -0.05) is 22.9 Å². The topological polar surface area (TPSA) is 80.3 Å². The monoisotopic (exact) mass is 333 g/mol. The van der Waals surface area contributed by atoms with Crippen molar-refractivity contribution in [3.8, 4) is 0 Å². The molecule has 0 bridgehead atoms. The molecule has 1 heterocycles. The minimum Gasteiger partial charge on any atom is -0.229 e. The molecule has 5 nitrogen and oxygen atoms in total. The Balaban J connectivity index is 2.58. The first-order valence-corrected chi connectivity index (χ1v) is 9.34. The van der Waals surface area contributed by atoms with E-state index in [-0.39, 0.29) is 29.2 Å². The van der Waals surface area contributed by atoms with E-state index in [2.05, 4.69) is 20.7 Å². The average Bonchev–Trinajstić information content (AvgIpc) is 2.14. The van der Waals surface area contributed by atoms with Crippen LogP contribution in [0, 0.1) is 0 Å². The van der Waals surface area contributed by atoms with E-state index >= 15 is 0 Å². The maximum atomic E-state index is 11.8. The Morgan fingerprint density at radius 3 is 2.31 bits per heavy atom. The SMILES string of the molecule is CC(Br)CNS(=O)(=O)C1CCS(=O)(=O)CC1. The number of nitrogens with one attached hydrogen (secondary N) is 1. The van der Waals surface area contributed by atoms with Gasteiger partial charge in [-0.3, -0.25) is 0 Å². The standard InChI is InChI=1S/C8H16BrNO4S2/c1-7(9)6-10-16(13,14)8-2-4-15(11,12)5-3-8/h7-8,10H,2-6H2,1H3. The number of hydrogen-bond donors (Lipinski definition) is 1. The minimum absolute atomic E-state index is 0.0254. The van der Waals surface area contributed by atoms with Gasteiger partial charge in [-0.2, -0.15) is 0 Å². The van der Waals surface area contributed by atoms with Crippen molar-refractivity contribution in [3.05, 3.63) is 0 Å². The van der Waals surface area contributed by atoms with Gasteiger partial charge in [0.2, 0.25) is 10.0 Å². The summed E-state index contributed by atoms with van der Waals surface area (Å²) in [7, 11) is -6.38. The van der Waals surface area contributed by atoms with Gasteiger partial charge in [0.25, 0.3) is 0 Å². The van der Waals surface area contributed by atoms with Gasteiger partial charge in [-0.05, 0) is 12.8 Å². The van der Waals surface area contributed by atoms with E-state index in [1.54, 1.807) is 0 Å². The number of alkyl halides is 1.